The largest absolute Gasteiger partial charge is 0.366 e. The number of hydrogen-bond acceptors (Lipinski definition) is 2. The maximum Gasteiger partial charge on any atom is 0.121 e. The summed E-state index contributed by atoms with van der Waals surface area (Å²) in [6.45, 7) is 5.10. The van der Waals surface area contributed by atoms with Crippen LogP contribution in [0.15, 0.2) is 60.7 Å². The van der Waals surface area contributed by atoms with Crippen molar-refractivity contribution in [3.05, 3.63) is 71.8 Å². The number of piperidine rings is 1. The van der Waals surface area contributed by atoms with Gasteiger partial charge in [-0.15, -0.1) is 0 Å². The van der Waals surface area contributed by atoms with Gasteiger partial charge >= 0.3 is 0 Å². The highest BCUT2D eigenvalue weighted by Crippen LogP contribution is 2.44. The first-order valence-corrected chi connectivity index (χ1v) is 8.71. The first kappa shape index (κ1) is 16.2. The van der Waals surface area contributed by atoms with E-state index >= 15 is 0 Å². The monoisotopic (exact) mass is 309 g/mol. The van der Waals surface area contributed by atoms with Gasteiger partial charge in [-0.05, 0) is 56.9 Å². The number of likely N-dealkylation sites (tertiary alicyclic amines) is 1. The first-order chi connectivity index (χ1) is 11.3. The molecule has 0 aromatic heterocycles. The van der Waals surface area contributed by atoms with Crippen LogP contribution < -0.4 is 0 Å². The zero-order valence-corrected chi connectivity index (χ0v) is 14.2. The third-order valence-corrected chi connectivity index (χ3v) is 5.07. The molecule has 2 nitrogen and oxygen atoms in total. The highest BCUT2D eigenvalue weighted by molar-refractivity contribution is 5.37. The quantitative estimate of drug-likeness (QED) is 0.816. The van der Waals surface area contributed by atoms with Crippen LogP contribution in [0, 0.1) is 5.92 Å². The normalized spacial score (nSPS) is 17.3. The SMILES string of the molecule is CCOC(c1ccccc1)(c1ccccc1)C1CCN(C)CC1. The van der Waals surface area contributed by atoms with Gasteiger partial charge in [0.15, 0.2) is 0 Å². The van der Waals surface area contributed by atoms with Crippen LogP contribution >= 0.6 is 0 Å². The summed E-state index contributed by atoms with van der Waals surface area (Å²) < 4.78 is 6.56. The molecule has 0 atom stereocenters. The van der Waals surface area contributed by atoms with Crippen LogP contribution in [-0.4, -0.2) is 31.6 Å². The van der Waals surface area contributed by atoms with E-state index in [0.717, 1.165) is 19.7 Å². The van der Waals surface area contributed by atoms with Gasteiger partial charge in [-0.1, -0.05) is 60.7 Å². The van der Waals surface area contributed by atoms with Crippen molar-refractivity contribution in [1.29, 1.82) is 0 Å². The smallest absolute Gasteiger partial charge is 0.121 e. The lowest BCUT2D eigenvalue weighted by Crippen LogP contribution is -2.45. The van der Waals surface area contributed by atoms with E-state index in [4.69, 9.17) is 4.74 Å². The maximum absolute atomic E-state index is 6.56. The maximum atomic E-state index is 6.56. The Bertz CT molecular complexity index is 548. The zero-order chi connectivity index (χ0) is 16.1. The second-order valence-electron chi connectivity index (χ2n) is 6.48. The standard InChI is InChI=1S/C21H27NO/c1-3-23-21(18-10-6-4-7-11-18,19-12-8-5-9-13-19)20-14-16-22(2)17-15-20/h4-13,20H,3,14-17H2,1-2H3. The number of nitrogens with zero attached hydrogens (tertiary/aromatic N) is 1. The Morgan fingerprint density at radius 2 is 1.39 bits per heavy atom. The number of hydrogen-bond donors (Lipinski definition) is 0. The Hall–Kier alpha value is -1.64. The topological polar surface area (TPSA) is 12.5 Å². The van der Waals surface area contributed by atoms with Crippen molar-refractivity contribution in [2.75, 3.05) is 26.7 Å². The minimum Gasteiger partial charge on any atom is -0.366 e. The molecule has 0 aliphatic carbocycles. The van der Waals surface area contributed by atoms with E-state index in [2.05, 4.69) is 79.5 Å². The van der Waals surface area contributed by atoms with Gasteiger partial charge in [0.2, 0.25) is 0 Å². The number of ether oxygens (including phenoxy) is 1. The van der Waals surface area contributed by atoms with Gasteiger partial charge in [0.05, 0.1) is 0 Å². The molecule has 0 unspecified atom stereocenters. The van der Waals surface area contributed by atoms with Crippen LogP contribution in [0.5, 0.6) is 0 Å². The van der Waals surface area contributed by atoms with E-state index in [-0.39, 0.29) is 5.60 Å². The molecule has 2 aromatic carbocycles. The fourth-order valence-electron chi connectivity index (χ4n) is 3.94. The lowest BCUT2D eigenvalue weighted by atomic mass is 9.71. The van der Waals surface area contributed by atoms with Gasteiger partial charge in [0, 0.05) is 6.61 Å². The Balaban J connectivity index is 2.10. The molecule has 1 fully saturated rings. The molecule has 23 heavy (non-hydrogen) atoms. The predicted octanol–water partition coefficient (Wildman–Crippen LogP) is 4.31. The van der Waals surface area contributed by atoms with E-state index in [1.165, 1.54) is 24.0 Å². The Kier molecular flexibility index (Phi) is 5.14. The molecule has 0 bridgehead atoms. The number of benzene rings is 2. The van der Waals surface area contributed by atoms with Crippen molar-refractivity contribution in [2.24, 2.45) is 5.92 Å². The van der Waals surface area contributed by atoms with Crippen molar-refractivity contribution < 1.29 is 4.74 Å². The van der Waals surface area contributed by atoms with Crippen molar-refractivity contribution in [3.8, 4) is 0 Å². The van der Waals surface area contributed by atoms with Crippen molar-refractivity contribution in [2.45, 2.75) is 25.4 Å². The summed E-state index contributed by atoms with van der Waals surface area (Å²) in [5, 5.41) is 0. The average molecular weight is 309 g/mol. The van der Waals surface area contributed by atoms with E-state index in [1.54, 1.807) is 0 Å². The van der Waals surface area contributed by atoms with Crippen LogP contribution in [0.3, 0.4) is 0 Å². The Labute approximate surface area is 140 Å². The van der Waals surface area contributed by atoms with E-state index in [9.17, 15) is 0 Å². The third-order valence-electron chi connectivity index (χ3n) is 5.07. The molecule has 1 aliphatic heterocycles. The summed E-state index contributed by atoms with van der Waals surface area (Å²) in [6.07, 6.45) is 2.33. The Morgan fingerprint density at radius 3 is 1.83 bits per heavy atom. The molecule has 122 valence electrons. The van der Waals surface area contributed by atoms with Crippen LogP contribution in [0.1, 0.15) is 30.9 Å². The van der Waals surface area contributed by atoms with Crippen LogP contribution in [0.4, 0.5) is 0 Å². The van der Waals surface area contributed by atoms with Gasteiger partial charge in [-0.3, -0.25) is 0 Å². The fourth-order valence-corrected chi connectivity index (χ4v) is 3.94. The number of rotatable bonds is 5. The Morgan fingerprint density at radius 1 is 0.913 bits per heavy atom. The van der Waals surface area contributed by atoms with Gasteiger partial charge < -0.3 is 9.64 Å². The van der Waals surface area contributed by atoms with E-state index in [1.807, 2.05) is 0 Å². The van der Waals surface area contributed by atoms with E-state index < -0.39 is 0 Å². The minimum atomic E-state index is -0.335. The minimum absolute atomic E-state index is 0.335. The lowest BCUT2D eigenvalue weighted by Gasteiger charge is -2.45. The molecule has 0 saturated carbocycles. The molecule has 0 radical (unpaired) electrons. The summed E-state index contributed by atoms with van der Waals surface area (Å²) in [5.41, 5.74) is 2.23. The summed E-state index contributed by atoms with van der Waals surface area (Å²) in [4.78, 5) is 2.42. The van der Waals surface area contributed by atoms with Gasteiger partial charge in [0.1, 0.15) is 5.60 Å². The molecule has 2 heteroatoms. The molecule has 0 N–H and O–H groups in total. The van der Waals surface area contributed by atoms with E-state index in [0.29, 0.717) is 5.92 Å². The van der Waals surface area contributed by atoms with Crippen molar-refractivity contribution in [1.82, 2.24) is 4.90 Å². The first-order valence-electron chi connectivity index (χ1n) is 8.71. The fraction of sp³-hybridized carbons (Fsp3) is 0.429. The molecule has 0 spiro atoms. The van der Waals surface area contributed by atoms with Gasteiger partial charge in [-0.2, -0.15) is 0 Å². The predicted molar refractivity (Wildman–Crippen MR) is 95.5 cm³/mol. The molecular formula is C21H27NO. The van der Waals surface area contributed by atoms with Crippen molar-refractivity contribution >= 4 is 0 Å². The van der Waals surface area contributed by atoms with Crippen LogP contribution in [0.25, 0.3) is 0 Å². The second-order valence-corrected chi connectivity index (χ2v) is 6.48. The zero-order valence-electron chi connectivity index (χ0n) is 14.2. The second kappa shape index (κ2) is 7.29. The lowest BCUT2D eigenvalue weighted by molar-refractivity contribution is -0.0721. The highest BCUT2D eigenvalue weighted by Gasteiger charge is 2.43. The van der Waals surface area contributed by atoms with Gasteiger partial charge in [-0.25, -0.2) is 0 Å². The third kappa shape index (κ3) is 3.19. The summed E-state index contributed by atoms with van der Waals surface area (Å²) >= 11 is 0. The highest BCUT2D eigenvalue weighted by atomic mass is 16.5. The summed E-state index contributed by atoms with van der Waals surface area (Å²) in [6, 6.07) is 21.6. The summed E-state index contributed by atoms with van der Waals surface area (Å²) in [7, 11) is 2.21. The molecule has 1 saturated heterocycles. The summed E-state index contributed by atoms with van der Waals surface area (Å²) in [5.74, 6) is 0.503. The van der Waals surface area contributed by atoms with Gasteiger partial charge in [0.25, 0.3) is 0 Å². The molecule has 0 amide bonds. The molecule has 1 aliphatic rings. The van der Waals surface area contributed by atoms with Crippen LogP contribution in [0.2, 0.25) is 0 Å². The molecule has 1 heterocycles. The van der Waals surface area contributed by atoms with Crippen LogP contribution in [-0.2, 0) is 10.3 Å². The molecular weight excluding hydrogens is 282 g/mol. The molecule has 3 rings (SSSR count). The average Bonchev–Trinajstić information content (AvgIpc) is 2.62. The van der Waals surface area contributed by atoms with Crippen molar-refractivity contribution in [3.63, 3.8) is 0 Å². The molecule has 2 aromatic rings.